The fourth-order valence-electron chi connectivity index (χ4n) is 2.57. The van der Waals surface area contributed by atoms with Crippen LogP contribution in [0.25, 0.3) is 11.1 Å². The van der Waals surface area contributed by atoms with Crippen molar-refractivity contribution in [1.29, 1.82) is 0 Å². The van der Waals surface area contributed by atoms with Crippen LogP contribution in [0.15, 0.2) is 48.8 Å². The Labute approximate surface area is 125 Å². The Kier molecular flexibility index (Phi) is 3.97. The molecular formula is C17H19N3O. The molecule has 0 unspecified atom stereocenters. The summed E-state index contributed by atoms with van der Waals surface area (Å²) >= 11 is 0. The number of benzene rings is 1. The number of hydrogen-bond donors (Lipinski definition) is 0. The Hall–Kier alpha value is -2.20. The topological polar surface area (TPSA) is 36.4 Å². The predicted molar refractivity (Wildman–Crippen MR) is 83.1 cm³/mol. The molecule has 0 atom stereocenters. The van der Waals surface area contributed by atoms with Crippen LogP contribution in [-0.2, 0) is 0 Å². The second-order valence-corrected chi connectivity index (χ2v) is 5.41. The molecule has 0 aliphatic carbocycles. The summed E-state index contributed by atoms with van der Waals surface area (Å²) < 4.78 is 0. The quantitative estimate of drug-likeness (QED) is 0.846. The van der Waals surface area contributed by atoms with Gasteiger partial charge in [-0.2, -0.15) is 0 Å². The molecule has 2 heterocycles. The number of nitrogens with zero attached hydrogens (tertiary/aromatic N) is 3. The maximum Gasteiger partial charge on any atom is 0.253 e. The molecule has 1 aromatic carbocycles. The second-order valence-electron chi connectivity index (χ2n) is 5.41. The van der Waals surface area contributed by atoms with Gasteiger partial charge in [-0.1, -0.05) is 12.1 Å². The Morgan fingerprint density at radius 3 is 2.43 bits per heavy atom. The van der Waals surface area contributed by atoms with E-state index in [2.05, 4.69) is 16.9 Å². The van der Waals surface area contributed by atoms with Crippen molar-refractivity contribution < 1.29 is 4.79 Å². The van der Waals surface area contributed by atoms with Crippen LogP contribution >= 0.6 is 0 Å². The van der Waals surface area contributed by atoms with E-state index in [1.807, 2.05) is 41.3 Å². The third-order valence-electron chi connectivity index (χ3n) is 3.91. The molecule has 0 radical (unpaired) electrons. The maximum atomic E-state index is 12.6. The van der Waals surface area contributed by atoms with Gasteiger partial charge in [0.2, 0.25) is 0 Å². The number of aromatic nitrogens is 1. The normalized spacial score (nSPS) is 16.0. The van der Waals surface area contributed by atoms with Gasteiger partial charge in [0.15, 0.2) is 0 Å². The van der Waals surface area contributed by atoms with Gasteiger partial charge in [-0.15, -0.1) is 0 Å². The zero-order valence-corrected chi connectivity index (χ0v) is 12.2. The lowest BCUT2D eigenvalue weighted by atomic mass is 10.0. The van der Waals surface area contributed by atoms with Crippen LogP contribution in [0.3, 0.4) is 0 Å². The fraction of sp³-hybridized carbons (Fsp3) is 0.294. The van der Waals surface area contributed by atoms with Crippen molar-refractivity contribution >= 4 is 5.91 Å². The first-order chi connectivity index (χ1) is 10.2. The van der Waals surface area contributed by atoms with Gasteiger partial charge in [-0.25, -0.2) is 0 Å². The first kappa shape index (κ1) is 13.8. The molecule has 0 N–H and O–H groups in total. The van der Waals surface area contributed by atoms with Crippen molar-refractivity contribution in [3.63, 3.8) is 0 Å². The highest BCUT2D eigenvalue weighted by atomic mass is 16.2. The molecule has 4 nitrogen and oxygen atoms in total. The van der Waals surface area contributed by atoms with Gasteiger partial charge in [0.25, 0.3) is 5.91 Å². The summed E-state index contributed by atoms with van der Waals surface area (Å²) in [5.41, 5.74) is 2.89. The third-order valence-corrected chi connectivity index (χ3v) is 3.91. The summed E-state index contributed by atoms with van der Waals surface area (Å²) in [5, 5.41) is 0. The van der Waals surface area contributed by atoms with Gasteiger partial charge in [-0.3, -0.25) is 9.78 Å². The average Bonchev–Trinajstić information content (AvgIpc) is 2.56. The molecule has 108 valence electrons. The van der Waals surface area contributed by atoms with Gasteiger partial charge in [-0.05, 0) is 42.4 Å². The first-order valence-electron chi connectivity index (χ1n) is 7.22. The van der Waals surface area contributed by atoms with Crippen LogP contribution in [0.5, 0.6) is 0 Å². The van der Waals surface area contributed by atoms with Crippen molar-refractivity contribution in [2.75, 3.05) is 33.2 Å². The summed E-state index contributed by atoms with van der Waals surface area (Å²) in [7, 11) is 2.09. The van der Waals surface area contributed by atoms with Crippen molar-refractivity contribution in [2.24, 2.45) is 0 Å². The van der Waals surface area contributed by atoms with Crippen LogP contribution in [0.1, 0.15) is 10.4 Å². The minimum absolute atomic E-state index is 0.124. The lowest BCUT2D eigenvalue weighted by molar-refractivity contribution is 0.0664. The van der Waals surface area contributed by atoms with Gasteiger partial charge >= 0.3 is 0 Å². The molecule has 1 aromatic heterocycles. The standard InChI is InChI=1S/C17H19N3O/c1-19-9-11-20(12-10-19)17(21)16-4-2-3-15(13-16)14-5-7-18-8-6-14/h2-8,13H,9-12H2,1H3. The highest BCUT2D eigenvalue weighted by Crippen LogP contribution is 2.20. The molecule has 1 aliphatic rings. The summed E-state index contributed by atoms with van der Waals surface area (Å²) in [6, 6.07) is 11.7. The van der Waals surface area contributed by atoms with Crippen molar-refractivity contribution in [3.8, 4) is 11.1 Å². The van der Waals surface area contributed by atoms with E-state index in [9.17, 15) is 4.79 Å². The molecule has 4 heteroatoms. The number of carbonyl (C=O) groups is 1. The van der Waals surface area contributed by atoms with Crippen LogP contribution in [0.2, 0.25) is 0 Å². The molecule has 1 aliphatic heterocycles. The Balaban J connectivity index is 1.81. The van der Waals surface area contributed by atoms with Crippen molar-refractivity contribution in [1.82, 2.24) is 14.8 Å². The molecule has 1 fully saturated rings. The van der Waals surface area contributed by atoms with E-state index < -0.39 is 0 Å². The van der Waals surface area contributed by atoms with E-state index >= 15 is 0 Å². The smallest absolute Gasteiger partial charge is 0.253 e. The lowest BCUT2D eigenvalue weighted by Gasteiger charge is -2.32. The predicted octanol–water partition coefficient (Wildman–Crippen LogP) is 2.14. The van der Waals surface area contributed by atoms with E-state index in [4.69, 9.17) is 0 Å². The molecule has 0 saturated carbocycles. The number of amides is 1. The molecule has 3 rings (SSSR count). The minimum Gasteiger partial charge on any atom is -0.336 e. The van der Waals surface area contributed by atoms with Crippen LogP contribution < -0.4 is 0 Å². The van der Waals surface area contributed by atoms with Gasteiger partial charge in [0, 0.05) is 44.1 Å². The van der Waals surface area contributed by atoms with Crippen molar-refractivity contribution in [3.05, 3.63) is 54.4 Å². The van der Waals surface area contributed by atoms with E-state index in [0.29, 0.717) is 0 Å². The largest absolute Gasteiger partial charge is 0.336 e. The second kappa shape index (κ2) is 6.06. The summed E-state index contributed by atoms with van der Waals surface area (Å²) in [6.07, 6.45) is 3.54. The molecule has 21 heavy (non-hydrogen) atoms. The van der Waals surface area contributed by atoms with Crippen LogP contribution in [-0.4, -0.2) is 53.9 Å². The minimum atomic E-state index is 0.124. The van der Waals surface area contributed by atoms with E-state index in [0.717, 1.165) is 42.9 Å². The molecule has 1 amide bonds. The van der Waals surface area contributed by atoms with E-state index in [1.165, 1.54) is 0 Å². The van der Waals surface area contributed by atoms with Crippen LogP contribution in [0, 0.1) is 0 Å². The Morgan fingerprint density at radius 1 is 1.00 bits per heavy atom. The summed E-state index contributed by atoms with van der Waals surface area (Å²) in [6.45, 7) is 3.48. The van der Waals surface area contributed by atoms with Crippen LogP contribution in [0.4, 0.5) is 0 Å². The van der Waals surface area contributed by atoms with E-state index in [-0.39, 0.29) is 5.91 Å². The monoisotopic (exact) mass is 281 g/mol. The summed E-state index contributed by atoms with van der Waals surface area (Å²) in [5.74, 6) is 0.124. The first-order valence-corrected chi connectivity index (χ1v) is 7.22. The van der Waals surface area contributed by atoms with Gasteiger partial charge in [0.1, 0.15) is 0 Å². The maximum absolute atomic E-state index is 12.6. The SMILES string of the molecule is CN1CCN(C(=O)c2cccc(-c3ccncc3)c2)CC1. The third kappa shape index (κ3) is 3.11. The van der Waals surface area contributed by atoms with E-state index in [1.54, 1.807) is 12.4 Å². The summed E-state index contributed by atoms with van der Waals surface area (Å²) in [4.78, 5) is 20.8. The average molecular weight is 281 g/mol. The fourth-order valence-corrected chi connectivity index (χ4v) is 2.57. The van der Waals surface area contributed by atoms with Gasteiger partial charge < -0.3 is 9.80 Å². The van der Waals surface area contributed by atoms with Crippen molar-refractivity contribution in [2.45, 2.75) is 0 Å². The van der Waals surface area contributed by atoms with Gasteiger partial charge in [0.05, 0.1) is 0 Å². The highest BCUT2D eigenvalue weighted by Gasteiger charge is 2.20. The number of hydrogen-bond acceptors (Lipinski definition) is 3. The molecule has 2 aromatic rings. The Morgan fingerprint density at radius 2 is 1.71 bits per heavy atom. The molecule has 0 spiro atoms. The zero-order valence-electron chi connectivity index (χ0n) is 12.2. The molecule has 1 saturated heterocycles. The molecule has 0 bridgehead atoms. The lowest BCUT2D eigenvalue weighted by Crippen LogP contribution is -2.47. The number of likely N-dealkylation sites (N-methyl/N-ethyl adjacent to an activating group) is 1. The number of pyridine rings is 1. The number of rotatable bonds is 2. The Bertz CT molecular complexity index is 619. The number of piperazine rings is 1. The number of carbonyl (C=O) groups excluding carboxylic acids is 1. The zero-order chi connectivity index (χ0) is 14.7. The molecular weight excluding hydrogens is 262 g/mol. The highest BCUT2D eigenvalue weighted by molar-refractivity contribution is 5.95.